The fraction of sp³-hybridized carbons (Fsp3) is 0.500. The third-order valence-corrected chi connectivity index (χ3v) is 1.80. The second kappa shape index (κ2) is 7.84. The van der Waals surface area contributed by atoms with Crippen molar-refractivity contribution in [2.75, 3.05) is 27.2 Å². The molecule has 0 aromatic rings. The molecule has 0 aliphatic carbocycles. The summed E-state index contributed by atoms with van der Waals surface area (Å²) in [5.74, 6) is -1.14. The highest BCUT2D eigenvalue weighted by atomic mass is 16.4. The van der Waals surface area contributed by atoms with Gasteiger partial charge in [-0.15, -0.1) is 0 Å². The number of rotatable bonds is 2. The molecular weight excluding hydrogens is 244 g/mol. The summed E-state index contributed by atoms with van der Waals surface area (Å²) in [5.41, 5.74) is 4.93. The predicted molar refractivity (Wildman–Crippen MR) is 64.3 cm³/mol. The first kappa shape index (κ1) is 18.0. The molecule has 0 bridgehead atoms. The number of carbonyl (C=O) groups is 2. The van der Waals surface area contributed by atoms with Crippen molar-refractivity contribution in [2.24, 2.45) is 5.73 Å². The average Bonchev–Trinajstić information content (AvgIpc) is 2.43. The number of nitrogens with one attached hydrogen (secondary N) is 3. The quantitative estimate of drug-likeness (QED) is 0.262. The molecule has 1 saturated heterocycles. The monoisotopic (exact) mass is 262 g/mol. The molecule has 10 nitrogen and oxygen atoms in total. The second-order valence-electron chi connectivity index (χ2n) is 3.39. The lowest BCUT2D eigenvalue weighted by Gasteiger charge is -2.12. The van der Waals surface area contributed by atoms with Crippen LogP contribution in [0.3, 0.4) is 0 Å². The van der Waals surface area contributed by atoms with E-state index in [2.05, 4.69) is 5.32 Å². The van der Waals surface area contributed by atoms with Gasteiger partial charge in [-0.3, -0.25) is 25.7 Å². The molecule has 0 spiro atoms. The molecule has 0 aromatic heterocycles. The molecule has 1 fully saturated rings. The van der Waals surface area contributed by atoms with Crippen molar-refractivity contribution in [3.8, 4) is 0 Å². The van der Waals surface area contributed by atoms with Crippen LogP contribution in [0.15, 0.2) is 0 Å². The molecular formula is C8H18N6O4. The summed E-state index contributed by atoms with van der Waals surface area (Å²) in [6.45, 7) is 0.0914. The van der Waals surface area contributed by atoms with Crippen molar-refractivity contribution < 1.29 is 20.2 Å². The molecule has 0 aromatic carbocycles. The largest absolute Gasteiger partial charge is 0.480 e. The predicted octanol–water partition coefficient (Wildman–Crippen LogP) is -2.95. The van der Waals surface area contributed by atoms with Gasteiger partial charge in [-0.05, 0) is 0 Å². The molecule has 0 atom stereocenters. The fourth-order valence-electron chi connectivity index (χ4n) is 0.850. The van der Waals surface area contributed by atoms with E-state index in [-0.39, 0.29) is 29.8 Å². The summed E-state index contributed by atoms with van der Waals surface area (Å²) >= 11 is 0. The number of carbonyl (C=O) groups excluding carboxylic acids is 1. The number of nitrogens with zero attached hydrogens (tertiary/aromatic N) is 2. The van der Waals surface area contributed by atoms with E-state index >= 15 is 0 Å². The van der Waals surface area contributed by atoms with Crippen LogP contribution in [0.2, 0.25) is 0 Å². The number of nitrogens with two attached hydrogens (primary N) is 1. The van der Waals surface area contributed by atoms with Crippen LogP contribution in [-0.4, -0.2) is 71.4 Å². The number of hydrogen-bond acceptors (Lipinski definition) is 4. The Morgan fingerprint density at radius 2 is 2.17 bits per heavy atom. The summed E-state index contributed by atoms with van der Waals surface area (Å²) in [4.78, 5) is 23.0. The maximum Gasteiger partial charge on any atom is 0.323 e. The van der Waals surface area contributed by atoms with Gasteiger partial charge in [0.25, 0.3) is 0 Å². The van der Waals surface area contributed by atoms with E-state index in [1.165, 1.54) is 7.05 Å². The first-order valence-corrected chi connectivity index (χ1v) is 4.60. The zero-order valence-electron chi connectivity index (χ0n) is 10.1. The highest BCUT2D eigenvalue weighted by molar-refractivity contribution is 6.02. The van der Waals surface area contributed by atoms with Crippen LogP contribution in [0, 0.1) is 10.8 Å². The lowest BCUT2D eigenvalue weighted by Crippen LogP contribution is -2.36. The number of guanidine groups is 2. The van der Waals surface area contributed by atoms with Gasteiger partial charge >= 0.3 is 5.97 Å². The van der Waals surface area contributed by atoms with Crippen LogP contribution < -0.4 is 11.1 Å². The summed E-state index contributed by atoms with van der Waals surface area (Å²) in [5, 5.41) is 24.2. The van der Waals surface area contributed by atoms with Crippen molar-refractivity contribution in [2.45, 2.75) is 0 Å². The third-order valence-electron chi connectivity index (χ3n) is 1.80. The highest BCUT2D eigenvalue weighted by Gasteiger charge is 2.18. The van der Waals surface area contributed by atoms with Crippen LogP contribution in [0.5, 0.6) is 0 Å². The van der Waals surface area contributed by atoms with Crippen molar-refractivity contribution in [1.29, 1.82) is 10.8 Å². The summed E-state index contributed by atoms with van der Waals surface area (Å²) < 4.78 is 0. The number of carboxylic acid groups (broad SMARTS) is 1. The van der Waals surface area contributed by atoms with Crippen LogP contribution in [0.4, 0.5) is 0 Å². The van der Waals surface area contributed by atoms with Crippen LogP contribution in [0.1, 0.15) is 0 Å². The van der Waals surface area contributed by atoms with Crippen LogP contribution in [-0.2, 0) is 9.59 Å². The Labute approximate surface area is 104 Å². The smallest absolute Gasteiger partial charge is 0.323 e. The highest BCUT2D eigenvalue weighted by Crippen LogP contribution is 1.89. The summed E-state index contributed by atoms with van der Waals surface area (Å²) in [6, 6.07) is 0. The lowest BCUT2D eigenvalue weighted by molar-refractivity contribution is -0.137. The van der Waals surface area contributed by atoms with E-state index < -0.39 is 5.97 Å². The molecule has 8 N–H and O–H groups in total. The van der Waals surface area contributed by atoms with Gasteiger partial charge in [-0.25, -0.2) is 0 Å². The molecule has 0 radical (unpaired) electrons. The lowest BCUT2D eigenvalue weighted by atomic mass is 10.6. The number of amides is 1. The summed E-state index contributed by atoms with van der Waals surface area (Å²) in [7, 11) is 3.14. The van der Waals surface area contributed by atoms with Crippen LogP contribution >= 0.6 is 0 Å². The van der Waals surface area contributed by atoms with Gasteiger partial charge in [-0.1, -0.05) is 0 Å². The zero-order chi connectivity index (χ0) is 13.6. The molecule has 0 unspecified atom stereocenters. The molecule has 1 heterocycles. The normalized spacial score (nSPS) is 12.9. The van der Waals surface area contributed by atoms with E-state index in [1.807, 2.05) is 0 Å². The first-order chi connectivity index (χ1) is 7.73. The molecule has 1 aliphatic heterocycles. The standard InChI is InChI=1S/C4H9N3O2.C4H7N3O.H2O/c1-7(4(5)6)2-3(8)9;1-7-2-3(8)6-4(7)5;/h2H2,1H3,(H3,5,6)(H,8,9);2H2,1H3,(H2,5,6,8);1H2. The van der Waals surface area contributed by atoms with Gasteiger partial charge in [0.2, 0.25) is 5.91 Å². The Balaban J connectivity index is 0. The molecule has 104 valence electrons. The van der Waals surface area contributed by atoms with Gasteiger partial charge < -0.3 is 26.1 Å². The van der Waals surface area contributed by atoms with Crippen molar-refractivity contribution in [1.82, 2.24) is 15.1 Å². The van der Waals surface area contributed by atoms with E-state index in [1.54, 1.807) is 11.9 Å². The fourth-order valence-corrected chi connectivity index (χ4v) is 0.850. The van der Waals surface area contributed by atoms with Crippen LogP contribution in [0.25, 0.3) is 0 Å². The van der Waals surface area contributed by atoms with Gasteiger partial charge in [0, 0.05) is 14.1 Å². The van der Waals surface area contributed by atoms with Gasteiger partial charge in [0.1, 0.15) is 6.54 Å². The van der Waals surface area contributed by atoms with E-state index in [4.69, 9.17) is 21.7 Å². The Bertz CT molecular complexity index is 344. The minimum absolute atomic E-state index is 0. The second-order valence-corrected chi connectivity index (χ2v) is 3.39. The Hall–Kier alpha value is -2.36. The van der Waals surface area contributed by atoms with Gasteiger partial charge in [0.05, 0.1) is 6.54 Å². The number of hydrogen-bond donors (Lipinski definition) is 5. The summed E-state index contributed by atoms with van der Waals surface area (Å²) in [6.07, 6.45) is 0. The Morgan fingerprint density at radius 3 is 2.28 bits per heavy atom. The minimum Gasteiger partial charge on any atom is -0.480 e. The number of carboxylic acids is 1. The molecule has 0 saturated carbocycles. The maximum atomic E-state index is 10.4. The van der Waals surface area contributed by atoms with Gasteiger partial charge in [0.15, 0.2) is 11.9 Å². The molecule has 1 amide bonds. The molecule has 1 aliphatic rings. The SMILES string of the molecule is CN(CC(=O)O)C(=N)N.CN1CC(=O)NC1=N.O. The minimum atomic E-state index is -0.993. The van der Waals surface area contributed by atoms with Crippen molar-refractivity contribution >= 4 is 23.8 Å². The first-order valence-electron chi connectivity index (χ1n) is 4.60. The van der Waals surface area contributed by atoms with E-state index in [0.717, 1.165) is 4.90 Å². The van der Waals surface area contributed by atoms with E-state index in [0.29, 0.717) is 6.54 Å². The van der Waals surface area contributed by atoms with E-state index in [9.17, 15) is 9.59 Å². The average molecular weight is 262 g/mol. The molecule has 1 rings (SSSR count). The Morgan fingerprint density at radius 1 is 1.67 bits per heavy atom. The zero-order valence-corrected chi connectivity index (χ0v) is 10.1. The molecule has 18 heavy (non-hydrogen) atoms. The number of aliphatic carboxylic acids is 1. The van der Waals surface area contributed by atoms with Crippen molar-refractivity contribution in [3.63, 3.8) is 0 Å². The third kappa shape index (κ3) is 7.00. The van der Waals surface area contributed by atoms with Gasteiger partial charge in [-0.2, -0.15) is 0 Å². The molecule has 10 heteroatoms. The van der Waals surface area contributed by atoms with Crippen molar-refractivity contribution in [3.05, 3.63) is 0 Å². The maximum absolute atomic E-state index is 10.4. The topological polar surface area (TPSA) is 178 Å². The number of likely N-dealkylation sites (N-methyl/N-ethyl adjacent to an activating group) is 2. The Kier molecular flexibility index (Phi) is 7.85.